The van der Waals surface area contributed by atoms with Crippen LogP contribution in [0.3, 0.4) is 0 Å². The molecule has 0 amide bonds. The second-order valence-electron chi connectivity index (χ2n) is 6.14. The minimum absolute atomic E-state index is 0.128. The zero-order valence-electron chi connectivity index (χ0n) is 14.8. The molecule has 3 aromatic heterocycles. The molecular formula is C19H15ClN8. The summed E-state index contributed by atoms with van der Waals surface area (Å²) in [5.41, 5.74) is 9.23. The van der Waals surface area contributed by atoms with Crippen LogP contribution < -0.4 is 11.1 Å². The fraction of sp³-hybridized carbons (Fsp3) is 0.105. The molecule has 0 bridgehead atoms. The molecule has 3 N–H and O–H groups in total. The molecular weight excluding hydrogens is 376 g/mol. The van der Waals surface area contributed by atoms with Gasteiger partial charge in [0.25, 0.3) is 0 Å². The Kier molecular flexibility index (Phi) is 4.51. The molecule has 138 valence electrons. The second-order valence-corrected chi connectivity index (χ2v) is 6.53. The van der Waals surface area contributed by atoms with Gasteiger partial charge in [-0.05, 0) is 6.92 Å². The molecule has 1 atom stereocenters. The summed E-state index contributed by atoms with van der Waals surface area (Å²) in [6.45, 7) is 1.94. The first-order valence-corrected chi connectivity index (χ1v) is 8.83. The molecule has 8 nitrogen and oxygen atoms in total. The maximum Gasteiger partial charge on any atom is 0.157 e. The summed E-state index contributed by atoms with van der Waals surface area (Å²) in [4.78, 5) is 12.8. The molecule has 0 aliphatic carbocycles. The minimum atomic E-state index is -0.253. The third-order valence-electron chi connectivity index (χ3n) is 4.30. The Hall–Kier alpha value is -3.70. The van der Waals surface area contributed by atoms with Crippen LogP contribution in [0.2, 0.25) is 5.15 Å². The van der Waals surface area contributed by atoms with Crippen LogP contribution in [0, 0.1) is 11.3 Å². The zero-order valence-corrected chi connectivity index (χ0v) is 15.6. The zero-order chi connectivity index (χ0) is 19.7. The van der Waals surface area contributed by atoms with Gasteiger partial charge in [0.1, 0.15) is 29.6 Å². The number of hydrogen-bond donors (Lipinski definition) is 2. The number of nitrogens with two attached hydrogens (primary N) is 1. The summed E-state index contributed by atoms with van der Waals surface area (Å²) in [7, 11) is 0. The highest BCUT2D eigenvalue weighted by atomic mass is 35.5. The summed E-state index contributed by atoms with van der Waals surface area (Å²) in [6, 6.07) is 13.3. The Morgan fingerprint density at radius 3 is 2.79 bits per heavy atom. The lowest BCUT2D eigenvalue weighted by Gasteiger charge is -2.19. The van der Waals surface area contributed by atoms with Gasteiger partial charge in [0.2, 0.25) is 0 Å². The molecule has 4 aromatic rings. The van der Waals surface area contributed by atoms with Crippen molar-refractivity contribution in [2.24, 2.45) is 0 Å². The van der Waals surface area contributed by atoms with E-state index < -0.39 is 0 Å². The summed E-state index contributed by atoms with van der Waals surface area (Å²) < 4.78 is 1.63. The van der Waals surface area contributed by atoms with Gasteiger partial charge in [-0.1, -0.05) is 41.9 Å². The highest BCUT2D eigenvalue weighted by Crippen LogP contribution is 2.30. The number of nitriles is 1. The lowest BCUT2D eigenvalue weighted by atomic mass is 10.0. The quantitative estimate of drug-likeness (QED) is 0.547. The highest BCUT2D eigenvalue weighted by molar-refractivity contribution is 6.29. The standard InChI is InChI=1S/C19H15ClN8/c1-11(25-19-13(8-21)18(22)23-10-24-19)14-9-28-16(7-15(20)27-28)26-17(14)12-5-3-2-4-6-12/h2-7,9-11H,1H3,(H3,22,23,24,25)/t11-/m0/s1. The van der Waals surface area contributed by atoms with Crippen molar-refractivity contribution < 1.29 is 0 Å². The van der Waals surface area contributed by atoms with Gasteiger partial charge in [-0.2, -0.15) is 10.4 Å². The third-order valence-corrected chi connectivity index (χ3v) is 4.49. The Bertz CT molecular complexity index is 1200. The van der Waals surface area contributed by atoms with E-state index in [1.54, 1.807) is 10.6 Å². The SMILES string of the molecule is C[C@H](Nc1ncnc(N)c1C#N)c1cn2nc(Cl)cc2nc1-c1ccccc1. The number of nitrogens with zero attached hydrogens (tertiary/aromatic N) is 6. The number of benzene rings is 1. The number of hydrogen-bond acceptors (Lipinski definition) is 7. The van der Waals surface area contributed by atoms with E-state index in [0.29, 0.717) is 16.6 Å². The van der Waals surface area contributed by atoms with Gasteiger partial charge in [-0.25, -0.2) is 19.5 Å². The van der Waals surface area contributed by atoms with Crippen molar-refractivity contribution in [1.82, 2.24) is 24.6 Å². The van der Waals surface area contributed by atoms with Crippen LogP contribution >= 0.6 is 11.6 Å². The number of anilines is 2. The molecule has 0 saturated carbocycles. The van der Waals surface area contributed by atoms with Crippen LogP contribution in [-0.4, -0.2) is 24.6 Å². The number of rotatable bonds is 4. The van der Waals surface area contributed by atoms with Crippen molar-refractivity contribution in [1.29, 1.82) is 5.26 Å². The van der Waals surface area contributed by atoms with Crippen molar-refractivity contribution in [2.45, 2.75) is 13.0 Å². The van der Waals surface area contributed by atoms with Gasteiger partial charge in [-0.15, -0.1) is 0 Å². The van der Waals surface area contributed by atoms with Crippen molar-refractivity contribution in [3.63, 3.8) is 0 Å². The van der Waals surface area contributed by atoms with Crippen molar-refractivity contribution in [2.75, 3.05) is 11.1 Å². The van der Waals surface area contributed by atoms with Crippen LogP contribution in [0.1, 0.15) is 24.1 Å². The van der Waals surface area contributed by atoms with Crippen molar-refractivity contribution in [3.05, 3.63) is 65.2 Å². The van der Waals surface area contributed by atoms with Gasteiger partial charge in [-0.3, -0.25) is 0 Å². The minimum Gasteiger partial charge on any atom is -0.382 e. The average molecular weight is 391 g/mol. The monoisotopic (exact) mass is 390 g/mol. The molecule has 0 spiro atoms. The molecule has 0 unspecified atom stereocenters. The Balaban J connectivity index is 1.83. The second kappa shape index (κ2) is 7.13. The Morgan fingerprint density at radius 2 is 2.04 bits per heavy atom. The van der Waals surface area contributed by atoms with E-state index in [1.807, 2.05) is 49.5 Å². The molecule has 0 fully saturated rings. The van der Waals surface area contributed by atoms with E-state index in [0.717, 1.165) is 16.8 Å². The van der Waals surface area contributed by atoms with Crippen LogP contribution in [0.25, 0.3) is 16.9 Å². The summed E-state index contributed by atoms with van der Waals surface area (Å²) in [6.07, 6.45) is 3.18. The van der Waals surface area contributed by atoms with Crippen LogP contribution in [0.5, 0.6) is 0 Å². The molecule has 0 aliphatic rings. The molecule has 9 heteroatoms. The maximum atomic E-state index is 9.37. The first-order chi connectivity index (χ1) is 13.6. The summed E-state index contributed by atoms with van der Waals surface area (Å²) in [5, 5.41) is 17.2. The Labute approximate surface area is 165 Å². The number of nitrogen functional groups attached to an aromatic ring is 1. The number of halogens is 1. The lowest BCUT2D eigenvalue weighted by Crippen LogP contribution is -2.14. The molecule has 0 aliphatic heterocycles. The fourth-order valence-electron chi connectivity index (χ4n) is 2.95. The normalized spacial score (nSPS) is 11.9. The van der Waals surface area contributed by atoms with Crippen molar-refractivity contribution in [3.8, 4) is 17.3 Å². The predicted molar refractivity (Wildman–Crippen MR) is 107 cm³/mol. The average Bonchev–Trinajstić information content (AvgIpc) is 3.07. The van der Waals surface area contributed by atoms with Gasteiger partial charge in [0.15, 0.2) is 10.8 Å². The van der Waals surface area contributed by atoms with E-state index in [-0.39, 0.29) is 17.4 Å². The molecule has 4 rings (SSSR count). The summed E-state index contributed by atoms with van der Waals surface area (Å²) in [5.74, 6) is 0.489. The third kappa shape index (κ3) is 3.19. The first kappa shape index (κ1) is 17.7. The first-order valence-electron chi connectivity index (χ1n) is 8.45. The predicted octanol–water partition coefficient (Wildman–Crippen LogP) is 3.47. The highest BCUT2D eigenvalue weighted by Gasteiger charge is 2.19. The molecule has 0 radical (unpaired) electrons. The van der Waals surface area contributed by atoms with Gasteiger partial charge in [0.05, 0.1) is 11.7 Å². The maximum absolute atomic E-state index is 9.37. The van der Waals surface area contributed by atoms with Crippen LogP contribution in [0.4, 0.5) is 11.6 Å². The molecule has 0 saturated heterocycles. The van der Waals surface area contributed by atoms with E-state index >= 15 is 0 Å². The molecule has 3 heterocycles. The van der Waals surface area contributed by atoms with E-state index in [4.69, 9.17) is 22.3 Å². The lowest BCUT2D eigenvalue weighted by molar-refractivity contribution is 0.830. The Morgan fingerprint density at radius 1 is 1.25 bits per heavy atom. The van der Waals surface area contributed by atoms with Crippen LogP contribution in [0.15, 0.2) is 48.9 Å². The smallest absolute Gasteiger partial charge is 0.157 e. The number of fused-ring (bicyclic) bond motifs is 1. The fourth-order valence-corrected chi connectivity index (χ4v) is 3.13. The van der Waals surface area contributed by atoms with Crippen molar-refractivity contribution >= 4 is 28.9 Å². The molecule has 1 aromatic carbocycles. The topological polar surface area (TPSA) is 118 Å². The van der Waals surface area contributed by atoms with E-state index in [2.05, 4.69) is 20.4 Å². The largest absolute Gasteiger partial charge is 0.382 e. The summed E-state index contributed by atoms with van der Waals surface area (Å²) >= 11 is 6.05. The van der Waals surface area contributed by atoms with E-state index in [9.17, 15) is 5.26 Å². The van der Waals surface area contributed by atoms with Crippen LogP contribution in [-0.2, 0) is 0 Å². The van der Waals surface area contributed by atoms with Gasteiger partial charge >= 0.3 is 0 Å². The number of nitrogens with one attached hydrogen (secondary N) is 1. The van der Waals surface area contributed by atoms with Gasteiger partial charge < -0.3 is 11.1 Å². The van der Waals surface area contributed by atoms with E-state index in [1.165, 1.54) is 6.33 Å². The molecule has 28 heavy (non-hydrogen) atoms. The number of aromatic nitrogens is 5. The van der Waals surface area contributed by atoms with Gasteiger partial charge in [0, 0.05) is 23.4 Å².